The van der Waals surface area contributed by atoms with Gasteiger partial charge < -0.3 is 4.74 Å². The number of fused-ring (bicyclic) bond motifs is 1. The molecule has 0 fully saturated rings. The van der Waals surface area contributed by atoms with E-state index in [2.05, 4.69) is 4.72 Å². The van der Waals surface area contributed by atoms with Crippen LogP contribution in [0, 0.1) is 0 Å². The maximum Gasteiger partial charge on any atom is 0.307 e. The molecule has 24 heavy (non-hydrogen) atoms. The van der Waals surface area contributed by atoms with Crippen LogP contribution in [0.5, 0.6) is 0 Å². The molecule has 2 rings (SSSR count). The molecule has 0 aliphatic carbocycles. The van der Waals surface area contributed by atoms with Crippen LogP contribution in [0.2, 0.25) is 0 Å². The van der Waals surface area contributed by atoms with Gasteiger partial charge in [-0.1, -0.05) is 30.3 Å². The Kier molecular flexibility index (Phi) is 5.69. The minimum Gasteiger partial charge on any atom is -0.455 e. The molecule has 128 valence electrons. The van der Waals surface area contributed by atoms with Gasteiger partial charge in [0.25, 0.3) is 0 Å². The number of ketones is 1. The molecule has 0 spiro atoms. The van der Waals surface area contributed by atoms with E-state index in [9.17, 15) is 18.0 Å². The van der Waals surface area contributed by atoms with Crippen LogP contribution in [0.25, 0.3) is 10.8 Å². The third-order valence-corrected chi connectivity index (χ3v) is 4.99. The summed E-state index contributed by atoms with van der Waals surface area (Å²) in [4.78, 5) is 22.7. The normalized spacial score (nSPS) is 12.8. The van der Waals surface area contributed by atoms with E-state index < -0.39 is 22.1 Å². The number of ether oxygens (including phenoxy) is 1. The van der Waals surface area contributed by atoms with Crippen LogP contribution in [-0.4, -0.2) is 32.8 Å². The van der Waals surface area contributed by atoms with Crippen molar-refractivity contribution in [1.82, 2.24) is 4.72 Å². The number of benzene rings is 2. The van der Waals surface area contributed by atoms with Crippen molar-refractivity contribution in [1.29, 1.82) is 0 Å². The van der Waals surface area contributed by atoms with Gasteiger partial charge in [-0.3, -0.25) is 9.59 Å². The number of esters is 1. The molecule has 0 heterocycles. The maximum atomic E-state index is 12.3. The molecule has 7 heteroatoms. The Bertz CT molecular complexity index is 860. The highest BCUT2D eigenvalue weighted by molar-refractivity contribution is 7.89. The Morgan fingerprint density at radius 1 is 1.12 bits per heavy atom. The molecule has 1 atom stereocenters. The molecule has 1 N–H and O–H groups in total. The summed E-state index contributed by atoms with van der Waals surface area (Å²) in [5, 5.41) is 1.76. The fraction of sp³-hybridized carbons (Fsp3) is 0.294. The molecule has 0 radical (unpaired) electrons. The number of rotatable bonds is 7. The predicted molar refractivity (Wildman–Crippen MR) is 90.0 cm³/mol. The van der Waals surface area contributed by atoms with Crippen LogP contribution >= 0.6 is 0 Å². The van der Waals surface area contributed by atoms with Gasteiger partial charge in [-0.25, -0.2) is 13.1 Å². The predicted octanol–water partition coefficient (Wildman–Crippen LogP) is 2.03. The van der Waals surface area contributed by atoms with Crippen molar-refractivity contribution in [3.05, 3.63) is 42.5 Å². The Labute approximate surface area is 140 Å². The maximum absolute atomic E-state index is 12.3. The molecular formula is C17H19NO5S. The largest absolute Gasteiger partial charge is 0.455 e. The summed E-state index contributed by atoms with van der Waals surface area (Å²) in [5.41, 5.74) is 0. The van der Waals surface area contributed by atoms with E-state index in [0.717, 1.165) is 10.8 Å². The van der Waals surface area contributed by atoms with E-state index in [1.54, 1.807) is 12.1 Å². The Morgan fingerprint density at radius 3 is 2.46 bits per heavy atom. The number of nitrogens with one attached hydrogen (secondary N) is 1. The zero-order valence-electron chi connectivity index (χ0n) is 13.5. The van der Waals surface area contributed by atoms with Gasteiger partial charge in [-0.05, 0) is 36.8 Å². The van der Waals surface area contributed by atoms with Crippen molar-refractivity contribution in [2.24, 2.45) is 0 Å². The minimum atomic E-state index is -3.72. The van der Waals surface area contributed by atoms with Gasteiger partial charge in [0, 0.05) is 6.54 Å². The number of carbonyl (C=O) groups excluding carboxylic acids is 2. The SMILES string of the molecule is CC(=O)C(C)OC(=O)CCNS(=O)(=O)c1ccc2ccccc2c1. The standard InChI is InChI=1S/C17H19NO5S/c1-12(19)13(2)23-17(20)9-10-18-24(21,22)16-8-7-14-5-3-4-6-15(14)11-16/h3-8,11,13,18H,9-10H2,1-2H3. The Morgan fingerprint density at radius 2 is 1.79 bits per heavy atom. The minimum absolute atomic E-state index is 0.0986. The molecule has 0 amide bonds. The average molecular weight is 349 g/mol. The lowest BCUT2D eigenvalue weighted by Crippen LogP contribution is -2.28. The van der Waals surface area contributed by atoms with Gasteiger partial charge in [0.05, 0.1) is 11.3 Å². The molecule has 0 saturated carbocycles. The highest BCUT2D eigenvalue weighted by Crippen LogP contribution is 2.18. The zero-order chi connectivity index (χ0) is 17.7. The molecule has 0 aliphatic heterocycles. The second-order valence-corrected chi connectivity index (χ2v) is 7.17. The third kappa shape index (κ3) is 4.62. The lowest BCUT2D eigenvalue weighted by atomic mass is 10.1. The van der Waals surface area contributed by atoms with E-state index in [0.29, 0.717) is 0 Å². The molecule has 0 aliphatic rings. The van der Waals surface area contributed by atoms with E-state index in [-0.39, 0.29) is 23.6 Å². The van der Waals surface area contributed by atoms with E-state index >= 15 is 0 Å². The molecule has 0 aromatic heterocycles. The summed E-state index contributed by atoms with van der Waals surface area (Å²) in [6.07, 6.45) is -0.973. The van der Waals surface area contributed by atoms with E-state index in [1.165, 1.54) is 19.9 Å². The summed E-state index contributed by atoms with van der Waals surface area (Å²) in [5.74, 6) is -0.890. The van der Waals surface area contributed by atoms with Crippen LogP contribution in [0.3, 0.4) is 0 Å². The summed E-state index contributed by atoms with van der Waals surface area (Å²) in [7, 11) is -3.72. The smallest absolute Gasteiger partial charge is 0.307 e. The molecule has 0 bridgehead atoms. The van der Waals surface area contributed by atoms with E-state index in [1.807, 2.05) is 24.3 Å². The number of Topliss-reactive ketones (excluding diaryl/α,β-unsaturated/α-hetero) is 1. The summed E-state index contributed by atoms with van der Waals surface area (Å²) >= 11 is 0. The highest BCUT2D eigenvalue weighted by atomic mass is 32.2. The molecule has 6 nitrogen and oxygen atoms in total. The molecule has 0 saturated heterocycles. The van der Waals surface area contributed by atoms with Crippen LogP contribution in [-0.2, 0) is 24.3 Å². The lowest BCUT2D eigenvalue weighted by molar-refractivity contribution is -0.153. The third-order valence-electron chi connectivity index (χ3n) is 3.53. The summed E-state index contributed by atoms with van der Waals surface area (Å²) in [6.45, 7) is 2.69. The summed E-state index contributed by atoms with van der Waals surface area (Å²) < 4.78 is 31.8. The quantitative estimate of drug-likeness (QED) is 0.773. The molecule has 2 aromatic carbocycles. The average Bonchev–Trinajstić information content (AvgIpc) is 2.54. The van der Waals surface area contributed by atoms with Gasteiger partial charge in [-0.2, -0.15) is 0 Å². The Balaban J connectivity index is 1.97. The topological polar surface area (TPSA) is 89.5 Å². The highest BCUT2D eigenvalue weighted by Gasteiger charge is 2.17. The fourth-order valence-corrected chi connectivity index (χ4v) is 3.11. The van der Waals surface area contributed by atoms with Crippen LogP contribution in [0.15, 0.2) is 47.4 Å². The van der Waals surface area contributed by atoms with Crippen molar-refractivity contribution in [2.45, 2.75) is 31.3 Å². The second-order valence-electron chi connectivity index (χ2n) is 5.40. The van der Waals surface area contributed by atoms with Gasteiger partial charge in [0.2, 0.25) is 10.0 Å². The van der Waals surface area contributed by atoms with Crippen LogP contribution in [0.4, 0.5) is 0 Å². The molecule has 1 unspecified atom stereocenters. The number of sulfonamides is 1. The number of hydrogen-bond donors (Lipinski definition) is 1. The van der Waals surface area contributed by atoms with Gasteiger partial charge in [0.15, 0.2) is 11.9 Å². The van der Waals surface area contributed by atoms with Crippen molar-refractivity contribution >= 4 is 32.5 Å². The number of hydrogen-bond acceptors (Lipinski definition) is 5. The first-order valence-electron chi connectivity index (χ1n) is 7.48. The number of carbonyl (C=O) groups is 2. The summed E-state index contributed by atoms with van der Waals surface area (Å²) in [6, 6.07) is 12.3. The van der Waals surface area contributed by atoms with Gasteiger partial charge >= 0.3 is 5.97 Å². The van der Waals surface area contributed by atoms with Crippen molar-refractivity contribution in [3.8, 4) is 0 Å². The van der Waals surface area contributed by atoms with Gasteiger partial charge in [0.1, 0.15) is 0 Å². The van der Waals surface area contributed by atoms with E-state index in [4.69, 9.17) is 4.74 Å². The fourth-order valence-electron chi connectivity index (χ4n) is 2.04. The second kappa shape index (κ2) is 7.55. The first kappa shape index (κ1) is 18.1. The monoisotopic (exact) mass is 349 g/mol. The van der Waals surface area contributed by atoms with Crippen molar-refractivity contribution < 1.29 is 22.7 Å². The van der Waals surface area contributed by atoms with Crippen LogP contribution in [0.1, 0.15) is 20.3 Å². The molecular weight excluding hydrogens is 330 g/mol. The Hall–Kier alpha value is -2.25. The van der Waals surface area contributed by atoms with Crippen LogP contribution < -0.4 is 4.72 Å². The first-order valence-corrected chi connectivity index (χ1v) is 8.96. The lowest BCUT2D eigenvalue weighted by Gasteiger charge is -2.11. The van der Waals surface area contributed by atoms with Crippen molar-refractivity contribution in [2.75, 3.05) is 6.54 Å². The zero-order valence-corrected chi connectivity index (χ0v) is 14.3. The first-order chi connectivity index (χ1) is 11.3. The molecule has 2 aromatic rings. The van der Waals surface area contributed by atoms with Crippen molar-refractivity contribution in [3.63, 3.8) is 0 Å². The van der Waals surface area contributed by atoms with Gasteiger partial charge in [-0.15, -0.1) is 0 Å².